The van der Waals surface area contributed by atoms with Crippen LogP contribution < -0.4 is 16.2 Å². The zero-order valence-electron chi connectivity index (χ0n) is 13.1. The Labute approximate surface area is 121 Å². The Morgan fingerprint density at radius 2 is 2.00 bits per heavy atom. The fourth-order valence-corrected chi connectivity index (χ4v) is 2.79. The minimum atomic E-state index is 0.295. The van der Waals surface area contributed by atoms with Crippen molar-refractivity contribution in [1.29, 1.82) is 0 Å². The summed E-state index contributed by atoms with van der Waals surface area (Å²) >= 11 is 0. The first-order chi connectivity index (χ1) is 9.54. The van der Waals surface area contributed by atoms with E-state index in [1.54, 1.807) is 0 Å². The molecular formula is C15H27N5. The van der Waals surface area contributed by atoms with Gasteiger partial charge >= 0.3 is 0 Å². The van der Waals surface area contributed by atoms with Crippen molar-refractivity contribution in [3.63, 3.8) is 0 Å². The number of hydrogen-bond acceptors (Lipinski definition) is 5. The highest BCUT2D eigenvalue weighted by molar-refractivity contribution is 5.59. The summed E-state index contributed by atoms with van der Waals surface area (Å²) in [4.78, 5) is 11.8. The fraction of sp³-hybridized carbons (Fsp3) is 0.733. The summed E-state index contributed by atoms with van der Waals surface area (Å²) < 4.78 is 0. The summed E-state index contributed by atoms with van der Waals surface area (Å²) in [7, 11) is 0. The van der Waals surface area contributed by atoms with Crippen LogP contribution in [0.15, 0.2) is 0 Å². The highest BCUT2D eigenvalue weighted by Gasteiger charge is 2.23. The molecule has 0 radical (unpaired) electrons. The van der Waals surface area contributed by atoms with Crippen LogP contribution in [0.4, 0.5) is 11.6 Å². The molecule has 5 nitrogen and oxygen atoms in total. The molecule has 1 saturated heterocycles. The van der Waals surface area contributed by atoms with E-state index in [4.69, 9.17) is 10.8 Å². The van der Waals surface area contributed by atoms with Gasteiger partial charge in [0.1, 0.15) is 17.5 Å². The standard InChI is InChI=1S/C15H27N5/c1-10(2)13-17-14(19-16)12(4)15(18-13)20-9-7-5-6-8-11(20)3/h10-11H,5-9,16H2,1-4H3,(H,17,18,19). The smallest absolute Gasteiger partial charge is 0.148 e. The molecule has 0 aliphatic carbocycles. The van der Waals surface area contributed by atoms with Crippen molar-refractivity contribution >= 4 is 11.6 Å². The van der Waals surface area contributed by atoms with Crippen molar-refractivity contribution in [3.8, 4) is 0 Å². The Morgan fingerprint density at radius 3 is 2.65 bits per heavy atom. The van der Waals surface area contributed by atoms with E-state index < -0.39 is 0 Å². The van der Waals surface area contributed by atoms with Crippen molar-refractivity contribution in [2.75, 3.05) is 16.9 Å². The maximum Gasteiger partial charge on any atom is 0.148 e. The quantitative estimate of drug-likeness (QED) is 0.657. The molecule has 1 fully saturated rings. The number of nitrogen functional groups attached to an aromatic ring is 1. The molecule has 3 N–H and O–H groups in total. The third kappa shape index (κ3) is 3.03. The van der Waals surface area contributed by atoms with E-state index in [1.165, 1.54) is 25.7 Å². The number of anilines is 2. The average molecular weight is 277 g/mol. The number of rotatable bonds is 3. The highest BCUT2D eigenvalue weighted by atomic mass is 15.3. The monoisotopic (exact) mass is 277 g/mol. The van der Waals surface area contributed by atoms with Gasteiger partial charge in [0, 0.05) is 24.1 Å². The Hall–Kier alpha value is -1.36. The fourth-order valence-electron chi connectivity index (χ4n) is 2.79. The first kappa shape index (κ1) is 15.0. The first-order valence-electron chi connectivity index (χ1n) is 7.66. The Kier molecular flexibility index (Phi) is 4.81. The van der Waals surface area contributed by atoms with E-state index in [2.05, 4.69) is 36.1 Å². The number of hydrogen-bond donors (Lipinski definition) is 2. The van der Waals surface area contributed by atoms with Crippen LogP contribution in [0.5, 0.6) is 0 Å². The van der Waals surface area contributed by atoms with Crippen molar-refractivity contribution in [3.05, 3.63) is 11.4 Å². The molecule has 1 atom stereocenters. The Morgan fingerprint density at radius 1 is 1.25 bits per heavy atom. The van der Waals surface area contributed by atoms with Crippen LogP contribution in [0.3, 0.4) is 0 Å². The third-order valence-corrected chi connectivity index (χ3v) is 4.12. The molecule has 0 aromatic carbocycles. The lowest BCUT2D eigenvalue weighted by atomic mass is 10.1. The molecule has 1 aromatic rings. The van der Waals surface area contributed by atoms with Crippen LogP contribution in [0, 0.1) is 6.92 Å². The van der Waals surface area contributed by atoms with Crippen molar-refractivity contribution < 1.29 is 0 Å². The molecule has 2 heterocycles. The number of nitrogens with one attached hydrogen (secondary N) is 1. The van der Waals surface area contributed by atoms with Gasteiger partial charge < -0.3 is 10.3 Å². The largest absolute Gasteiger partial charge is 0.354 e. The van der Waals surface area contributed by atoms with Gasteiger partial charge in [-0.1, -0.05) is 26.7 Å². The Bertz CT molecular complexity index is 458. The van der Waals surface area contributed by atoms with Crippen molar-refractivity contribution in [2.24, 2.45) is 5.84 Å². The number of aromatic nitrogens is 2. The molecule has 0 saturated carbocycles. The molecule has 20 heavy (non-hydrogen) atoms. The predicted molar refractivity (Wildman–Crippen MR) is 83.9 cm³/mol. The lowest BCUT2D eigenvalue weighted by molar-refractivity contribution is 0.606. The third-order valence-electron chi connectivity index (χ3n) is 4.12. The van der Waals surface area contributed by atoms with Gasteiger partial charge in [-0.25, -0.2) is 15.8 Å². The molecule has 1 aliphatic heterocycles. The van der Waals surface area contributed by atoms with Gasteiger partial charge in [-0.05, 0) is 26.7 Å². The van der Waals surface area contributed by atoms with E-state index in [9.17, 15) is 0 Å². The second kappa shape index (κ2) is 6.39. The minimum absolute atomic E-state index is 0.295. The van der Waals surface area contributed by atoms with Gasteiger partial charge in [-0.2, -0.15) is 0 Å². The maximum atomic E-state index is 5.62. The summed E-state index contributed by atoms with van der Waals surface area (Å²) in [5.74, 6) is 8.57. The molecule has 112 valence electrons. The van der Waals surface area contributed by atoms with Gasteiger partial charge in [0.2, 0.25) is 0 Å². The van der Waals surface area contributed by atoms with E-state index in [0.29, 0.717) is 12.0 Å². The van der Waals surface area contributed by atoms with Crippen LogP contribution in [0.1, 0.15) is 63.8 Å². The molecule has 1 unspecified atom stereocenters. The topological polar surface area (TPSA) is 67.1 Å². The van der Waals surface area contributed by atoms with Gasteiger partial charge in [0.15, 0.2) is 0 Å². The van der Waals surface area contributed by atoms with E-state index in [-0.39, 0.29) is 0 Å². The molecular weight excluding hydrogens is 250 g/mol. The summed E-state index contributed by atoms with van der Waals surface area (Å²) in [5, 5.41) is 0. The van der Waals surface area contributed by atoms with Gasteiger partial charge in [-0.3, -0.25) is 0 Å². The zero-order chi connectivity index (χ0) is 14.7. The van der Waals surface area contributed by atoms with Gasteiger partial charge in [0.25, 0.3) is 0 Å². The molecule has 2 rings (SSSR count). The average Bonchev–Trinajstić information content (AvgIpc) is 2.63. The zero-order valence-corrected chi connectivity index (χ0v) is 13.1. The minimum Gasteiger partial charge on any atom is -0.354 e. The number of nitrogens with zero attached hydrogens (tertiary/aromatic N) is 3. The van der Waals surface area contributed by atoms with Crippen molar-refractivity contribution in [2.45, 2.75) is 65.3 Å². The van der Waals surface area contributed by atoms with E-state index >= 15 is 0 Å². The van der Waals surface area contributed by atoms with Crippen molar-refractivity contribution in [1.82, 2.24) is 9.97 Å². The molecule has 0 spiro atoms. The first-order valence-corrected chi connectivity index (χ1v) is 7.66. The molecule has 5 heteroatoms. The second-order valence-electron chi connectivity index (χ2n) is 6.07. The maximum absolute atomic E-state index is 5.62. The number of hydrazine groups is 1. The van der Waals surface area contributed by atoms with Crippen LogP contribution in [0.25, 0.3) is 0 Å². The van der Waals surface area contributed by atoms with Crippen LogP contribution in [-0.2, 0) is 0 Å². The summed E-state index contributed by atoms with van der Waals surface area (Å²) in [6, 6.07) is 0.525. The summed E-state index contributed by atoms with van der Waals surface area (Å²) in [5.41, 5.74) is 3.77. The second-order valence-corrected chi connectivity index (χ2v) is 6.07. The molecule has 1 aromatic heterocycles. The van der Waals surface area contributed by atoms with Crippen LogP contribution in [0.2, 0.25) is 0 Å². The van der Waals surface area contributed by atoms with Crippen LogP contribution >= 0.6 is 0 Å². The Balaban J connectivity index is 2.45. The SMILES string of the molecule is Cc1c(NN)nc(C(C)C)nc1N1CCCCCC1C. The number of nitrogens with two attached hydrogens (primary N) is 1. The van der Waals surface area contributed by atoms with E-state index in [0.717, 1.165) is 29.6 Å². The predicted octanol–water partition coefficient (Wildman–Crippen LogP) is 2.96. The normalized spacial score (nSPS) is 20.1. The summed E-state index contributed by atoms with van der Waals surface area (Å²) in [6.45, 7) is 9.63. The van der Waals surface area contributed by atoms with Gasteiger partial charge in [0.05, 0.1) is 0 Å². The lowest BCUT2D eigenvalue weighted by Gasteiger charge is -2.30. The van der Waals surface area contributed by atoms with Crippen LogP contribution in [-0.4, -0.2) is 22.6 Å². The van der Waals surface area contributed by atoms with Gasteiger partial charge in [-0.15, -0.1) is 0 Å². The highest BCUT2D eigenvalue weighted by Crippen LogP contribution is 2.29. The lowest BCUT2D eigenvalue weighted by Crippen LogP contribution is -2.34. The summed E-state index contributed by atoms with van der Waals surface area (Å²) in [6.07, 6.45) is 5.08. The molecule has 0 bridgehead atoms. The molecule has 1 aliphatic rings. The van der Waals surface area contributed by atoms with E-state index in [1.807, 2.05) is 6.92 Å². The molecule has 0 amide bonds.